The van der Waals surface area contributed by atoms with Crippen LogP contribution in [0.2, 0.25) is 0 Å². The molecular weight excluding hydrogens is 360 g/mol. The van der Waals surface area contributed by atoms with Crippen molar-refractivity contribution in [1.29, 1.82) is 0 Å². The summed E-state index contributed by atoms with van der Waals surface area (Å²) in [6.45, 7) is 14.4. The zero-order valence-electron chi connectivity index (χ0n) is 18.6. The summed E-state index contributed by atoms with van der Waals surface area (Å²) in [5.74, 6) is -2.01. The Kier molecular flexibility index (Phi) is 8.10. The van der Waals surface area contributed by atoms with Crippen LogP contribution in [0.15, 0.2) is 0 Å². The van der Waals surface area contributed by atoms with Crippen LogP contribution in [0.3, 0.4) is 0 Å². The van der Waals surface area contributed by atoms with E-state index >= 15 is 0 Å². The molecule has 0 radical (unpaired) electrons. The topological polar surface area (TPSA) is 89.9 Å². The summed E-state index contributed by atoms with van der Waals surface area (Å²) in [6, 6.07) is 0. The van der Waals surface area contributed by atoms with Crippen molar-refractivity contribution >= 4 is 17.9 Å². The third kappa shape index (κ3) is 6.78. The second-order valence-electron chi connectivity index (χ2n) is 10.5. The molecule has 0 bridgehead atoms. The summed E-state index contributed by atoms with van der Waals surface area (Å²) in [4.78, 5) is 35.9. The first-order valence-electron chi connectivity index (χ1n) is 10.2. The van der Waals surface area contributed by atoms with Gasteiger partial charge in [-0.3, -0.25) is 14.4 Å². The monoisotopic (exact) mass is 398 g/mol. The Balaban J connectivity index is 2.48. The van der Waals surface area contributed by atoms with Gasteiger partial charge in [-0.25, -0.2) is 0 Å². The van der Waals surface area contributed by atoms with E-state index in [0.29, 0.717) is 32.1 Å². The Morgan fingerprint density at radius 1 is 0.821 bits per heavy atom. The van der Waals surface area contributed by atoms with E-state index in [1.165, 1.54) is 0 Å². The molecular formula is C22H38O6. The normalized spacial score (nSPS) is 22.8. The van der Waals surface area contributed by atoms with Crippen molar-refractivity contribution in [2.24, 2.45) is 28.1 Å². The molecule has 0 heterocycles. The zero-order chi connectivity index (χ0) is 21.8. The highest BCUT2D eigenvalue weighted by Crippen LogP contribution is 2.47. The van der Waals surface area contributed by atoms with Gasteiger partial charge < -0.3 is 14.6 Å². The Morgan fingerprint density at radius 2 is 1.29 bits per heavy atom. The summed E-state index contributed by atoms with van der Waals surface area (Å²) < 4.78 is 10.7. The number of esters is 2. The highest BCUT2D eigenvalue weighted by molar-refractivity contribution is 5.77. The van der Waals surface area contributed by atoms with E-state index in [1.807, 2.05) is 27.7 Å². The molecule has 1 aliphatic rings. The molecule has 0 aliphatic heterocycles. The van der Waals surface area contributed by atoms with Gasteiger partial charge in [0.1, 0.15) is 13.2 Å². The van der Waals surface area contributed by atoms with Crippen LogP contribution in [0.5, 0.6) is 0 Å². The number of rotatable bonds is 7. The number of carboxylic acids is 1. The lowest BCUT2D eigenvalue weighted by atomic mass is 9.61. The Labute approximate surface area is 169 Å². The van der Waals surface area contributed by atoms with Crippen LogP contribution < -0.4 is 0 Å². The maximum atomic E-state index is 12.8. The molecule has 0 amide bonds. The van der Waals surface area contributed by atoms with Gasteiger partial charge in [-0.15, -0.1) is 0 Å². The molecule has 162 valence electrons. The number of ether oxygens (including phenoxy) is 2. The molecule has 1 aliphatic carbocycles. The summed E-state index contributed by atoms with van der Waals surface area (Å²) in [5.41, 5.74) is -0.941. The fraction of sp³-hybridized carbons (Fsp3) is 0.864. The van der Waals surface area contributed by atoms with Crippen molar-refractivity contribution in [3.63, 3.8) is 0 Å². The number of aliphatic carboxylic acids is 1. The van der Waals surface area contributed by atoms with E-state index in [-0.39, 0.29) is 47.8 Å². The van der Waals surface area contributed by atoms with Crippen molar-refractivity contribution in [1.82, 2.24) is 0 Å². The Hall–Kier alpha value is -1.59. The molecule has 1 fully saturated rings. The predicted octanol–water partition coefficient (Wildman–Crippen LogP) is 4.45. The zero-order valence-corrected chi connectivity index (χ0v) is 18.6. The smallest absolute Gasteiger partial charge is 0.312 e. The fourth-order valence-electron chi connectivity index (χ4n) is 3.83. The molecule has 0 aromatic rings. The summed E-state index contributed by atoms with van der Waals surface area (Å²) in [7, 11) is 0. The molecule has 1 N–H and O–H groups in total. The quantitative estimate of drug-likeness (QED) is 0.503. The van der Waals surface area contributed by atoms with Crippen LogP contribution >= 0.6 is 0 Å². The van der Waals surface area contributed by atoms with Gasteiger partial charge in [0.05, 0.1) is 17.3 Å². The molecule has 1 atom stereocenters. The molecule has 0 spiro atoms. The number of carbonyl (C=O) groups excluding carboxylic acids is 2. The average molecular weight is 399 g/mol. The third-order valence-electron chi connectivity index (χ3n) is 5.96. The summed E-state index contributed by atoms with van der Waals surface area (Å²) in [5, 5.41) is 9.02. The van der Waals surface area contributed by atoms with E-state index in [0.717, 1.165) is 0 Å². The van der Waals surface area contributed by atoms with Crippen LogP contribution in [0.1, 0.15) is 80.6 Å². The second kappa shape index (κ2) is 9.27. The first-order chi connectivity index (χ1) is 12.7. The minimum absolute atomic E-state index is 0.0255. The predicted molar refractivity (Wildman–Crippen MR) is 107 cm³/mol. The van der Waals surface area contributed by atoms with Crippen LogP contribution in [-0.4, -0.2) is 36.2 Å². The second-order valence-corrected chi connectivity index (χ2v) is 10.5. The lowest BCUT2D eigenvalue weighted by molar-refractivity contribution is -0.169. The van der Waals surface area contributed by atoms with E-state index in [2.05, 4.69) is 20.8 Å². The first-order valence-corrected chi connectivity index (χ1v) is 10.2. The highest BCUT2D eigenvalue weighted by atomic mass is 16.6. The molecule has 6 nitrogen and oxygen atoms in total. The lowest BCUT2D eigenvalue weighted by Crippen LogP contribution is -2.44. The largest absolute Gasteiger partial charge is 0.481 e. The number of hydrogen-bond acceptors (Lipinski definition) is 5. The van der Waals surface area contributed by atoms with Gasteiger partial charge in [-0.05, 0) is 49.9 Å². The first kappa shape index (κ1) is 24.4. The molecule has 28 heavy (non-hydrogen) atoms. The molecule has 0 aromatic carbocycles. The minimum atomic E-state index is -0.795. The highest BCUT2D eigenvalue weighted by Gasteiger charge is 2.47. The van der Waals surface area contributed by atoms with Crippen LogP contribution in [-0.2, 0) is 23.9 Å². The minimum Gasteiger partial charge on any atom is -0.481 e. The number of carboxylic acid groups (broad SMARTS) is 1. The van der Waals surface area contributed by atoms with Gasteiger partial charge in [-0.1, -0.05) is 41.5 Å². The van der Waals surface area contributed by atoms with E-state index in [9.17, 15) is 14.4 Å². The molecule has 6 heteroatoms. The average Bonchev–Trinajstić information content (AvgIpc) is 2.55. The Bertz CT molecular complexity index is 561. The Morgan fingerprint density at radius 3 is 1.71 bits per heavy atom. The summed E-state index contributed by atoms with van der Waals surface area (Å²) >= 11 is 0. The van der Waals surface area contributed by atoms with E-state index in [1.54, 1.807) is 0 Å². The molecule has 1 unspecified atom stereocenters. The van der Waals surface area contributed by atoms with Gasteiger partial charge in [0.15, 0.2) is 0 Å². The van der Waals surface area contributed by atoms with Crippen molar-refractivity contribution < 1.29 is 29.0 Å². The molecule has 0 aromatic heterocycles. The van der Waals surface area contributed by atoms with E-state index in [4.69, 9.17) is 14.6 Å². The molecule has 1 saturated carbocycles. The van der Waals surface area contributed by atoms with Gasteiger partial charge in [0, 0.05) is 0 Å². The van der Waals surface area contributed by atoms with E-state index < -0.39 is 11.4 Å². The van der Waals surface area contributed by atoms with Crippen LogP contribution in [0, 0.1) is 28.1 Å². The molecule has 1 rings (SSSR count). The van der Waals surface area contributed by atoms with Crippen molar-refractivity contribution in [2.45, 2.75) is 80.6 Å². The number of carbonyl (C=O) groups is 3. The van der Waals surface area contributed by atoms with Crippen LogP contribution in [0.4, 0.5) is 0 Å². The standard InChI is InChI=1S/C22H38O6/c1-20(2,3)14-22(7,21(4,5)6)19(26)28-13-12-27-18(25)16-10-8-15(9-11-16)17(23)24/h15-16H,8-14H2,1-7H3,(H,23,24). The fourth-order valence-corrected chi connectivity index (χ4v) is 3.83. The van der Waals surface area contributed by atoms with Crippen LogP contribution in [0.25, 0.3) is 0 Å². The SMILES string of the molecule is CC(C)(C)CC(C)(C(=O)OCCOC(=O)C1CCC(C(=O)O)CC1)C(C)(C)C. The van der Waals surface area contributed by atoms with Gasteiger partial charge >= 0.3 is 17.9 Å². The third-order valence-corrected chi connectivity index (χ3v) is 5.96. The maximum Gasteiger partial charge on any atom is 0.312 e. The molecule has 0 saturated heterocycles. The van der Waals surface area contributed by atoms with Gasteiger partial charge in [0.2, 0.25) is 0 Å². The summed E-state index contributed by atoms with van der Waals surface area (Å²) in [6.07, 6.45) is 2.75. The lowest BCUT2D eigenvalue weighted by Gasteiger charge is -2.43. The van der Waals surface area contributed by atoms with Crippen molar-refractivity contribution in [2.75, 3.05) is 13.2 Å². The van der Waals surface area contributed by atoms with Gasteiger partial charge in [0.25, 0.3) is 0 Å². The van der Waals surface area contributed by atoms with Crippen molar-refractivity contribution in [3.05, 3.63) is 0 Å². The van der Waals surface area contributed by atoms with Gasteiger partial charge in [-0.2, -0.15) is 0 Å². The number of hydrogen-bond donors (Lipinski definition) is 1. The van der Waals surface area contributed by atoms with Crippen molar-refractivity contribution in [3.8, 4) is 0 Å². The maximum absolute atomic E-state index is 12.8.